The second-order valence-corrected chi connectivity index (χ2v) is 6.00. The standard InChI is InChI=1S/C16H20N2O2S.ClH/c1-12(17)16(20)18(10-13-6-3-2-4-7-13)11-14(19)15-8-5-9-21-15;/h2-9,12,14,19H,10-11,17H2,1H3;1H/t12-,14?;/m0./s1. The minimum Gasteiger partial charge on any atom is -0.386 e. The summed E-state index contributed by atoms with van der Waals surface area (Å²) in [5, 5.41) is 12.2. The summed E-state index contributed by atoms with van der Waals surface area (Å²) in [5.41, 5.74) is 6.73. The molecule has 22 heavy (non-hydrogen) atoms. The number of hydrogen-bond donors (Lipinski definition) is 2. The van der Waals surface area contributed by atoms with Crippen LogP contribution in [0.1, 0.15) is 23.5 Å². The fourth-order valence-corrected chi connectivity index (χ4v) is 2.81. The van der Waals surface area contributed by atoms with Crippen LogP contribution in [0.5, 0.6) is 0 Å². The van der Waals surface area contributed by atoms with E-state index in [-0.39, 0.29) is 24.9 Å². The van der Waals surface area contributed by atoms with E-state index in [4.69, 9.17) is 5.73 Å². The summed E-state index contributed by atoms with van der Waals surface area (Å²) in [4.78, 5) is 14.7. The summed E-state index contributed by atoms with van der Waals surface area (Å²) in [6.07, 6.45) is -0.684. The fourth-order valence-electron chi connectivity index (χ4n) is 2.10. The number of aliphatic hydroxyl groups is 1. The van der Waals surface area contributed by atoms with Gasteiger partial charge in [0, 0.05) is 11.4 Å². The summed E-state index contributed by atoms with van der Waals surface area (Å²) < 4.78 is 0. The third-order valence-electron chi connectivity index (χ3n) is 3.18. The van der Waals surface area contributed by atoms with Gasteiger partial charge in [0.15, 0.2) is 0 Å². The molecule has 3 N–H and O–H groups in total. The predicted octanol–water partition coefficient (Wildman–Crippen LogP) is 2.58. The maximum atomic E-state index is 12.2. The van der Waals surface area contributed by atoms with Crippen molar-refractivity contribution in [2.75, 3.05) is 6.54 Å². The van der Waals surface area contributed by atoms with Gasteiger partial charge in [-0.3, -0.25) is 4.79 Å². The molecule has 2 rings (SSSR count). The van der Waals surface area contributed by atoms with E-state index in [1.165, 1.54) is 11.3 Å². The van der Waals surface area contributed by atoms with Crippen LogP contribution < -0.4 is 5.73 Å². The maximum Gasteiger partial charge on any atom is 0.239 e. The highest BCUT2D eigenvalue weighted by Gasteiger charge is 2.22. The molecule has 2 atom stereocenters. The molecule has 0 radical (unpaired) electrons. The van der Waals surface area contributed by atoms with E-state index in [9.17, 15) is 9.90 Å². The van der Waals surface area contributed by atoms with Crippen LogP contribution in [0, 0.1) is 0 Å². The van der Waals surface area contributed by atoms with Crippen molar-refractivity contribution in [1.82, 2.24) is 4.90 Å². The van der Waals surface area contributed by atoms with Gasteiger partial charge in [-0.05, 0) is 23.9 Å². The summed E-state index contributed by atoms with van der Waals surface area (Å²) >= 11 is 1.48. The highest BCUT2D eigenvalue weighted by molar-refractivity contribution is 7.10. The van der Waals surface area contributed by atoms with Crippen LogP contribution in [0.2, 0.25) is 0 Å². The predicted molar refractivity (Wildman–Crippen MR) is 92.0 cm³/mol. The molecule has 6 heteroatoms. The van der Waals surface area contributed by atoms with Crippen molar-refractivity contribution in [2.45, 2.75) is 25.6 Å². The van der Waals surface area contributed by atoms with Gasteiger partial charge < -0.3 is 15.7 Å². The van der Waals surface area contributed by atoms with Crippen LogP contribution in [0.4, 0.5) is 0 Å². The molecule has 4 nitrogen and oxygen atoms in total. The number of amides is 1. The first-order chi connectivity index (χ1) is 10.1. The topological polar surface area (TPSA) is 66.6 Å². The van der Waals surface area contributed by atoms with Gasteiger partial charge in [-0.25, -0.2) is 0 Å². The first-order valence-electron chi connectivity index (χ1n) is 6.87. The Labute approximate surface area is 141 Å². The molecule has 0 saturated carbocycles. The molecule has 1 aromatic carbocycles. The zero-order valence-corrected chi connectivity index (χ0v) is 14.0. The zero-order chi connectivity index (χ0) is 15.2. The lowest BCUT2D eigenvalue weighted by Crippen LogP contribution is -2.43. The Hall–Kier alpha value is -1.40. The van der Waals surface area contributed by atoms with Crippen LogP contribution in [0.15, 0.2) is 47.8 Å². The second kappa shape index (κ2) is 8.90. The van der Waals surface area contributed by atoms with Gasteiger partial charge in [0.2, 0.25) is 5.91 Å². The number of benzene rings is 1. The first-order valence-corrected chi connectivity index (χ1v) is 7.75. The summed E-state index contributed by atoms with van der Waals surface area (Å²) in [7, 11) is 0. The number of halogens is 1. The smallest absolute Gasteiger partial charge is 0.239 e. The number of hydrogen-bond acceptors (Lipinski definition) is 4. The van der Waals surface area contributed by atoms with Crippen LogP contribution in [-0.4, -0.2) is 28.5 Å². The molecule has 120 valence electrons. The van der Waals surface area contributed by atoms with Crippen LogP contribution in [0.3, 0.4) is 0 Å². The molecule has 1 amide bonds. The Balaban J connectivity index is 0.00000242. The number of nitrogens with two attached hydrogens (primary N) is 1. The van der Waals surface area contributed by atoms with Crippen molar-refractivity contribution in [2.24, 2.45) is 5.73 Å². The maximum absolute atomic E-state index is 12.2. The molecule has 0 fully saturated rings. The molecule has 0 saturated heterocycles. The molecule has 0 bridgehead atoms. The van der Waals surface area contributed by atoms with Crippen molar-refractivity contribution in [1.29, 1.82) is 0 Å². The Bertz CT molecular complexity index is 561. The third-order valence-corrected chi connectivity index (χ3v) is 4.16. The van der Waals surface area contributed by atoms with Crippen molar-refractivity contribution in [3.05, 3.63) is 58.3 Å². The van der Waals surface area contributed by atoms with Gasteiger partial charge in [0.1, 0.15) is 6.10 Å². The molecular weight excluding hydrogens is 320 g/mol. The zero-order valence-electron chi connectivity index (χ0n) is 12.4. The molecule has 0 aliphatic heterocycles. The Morgan fingerprint density at radius 2 is 1.95 bits per heavy atom. The van der Waals surface area contributed by atoms with Gasteiger partial charge in [-0.15, -0.1) is 23.7 Å². The van der Waals surface area contributed by atoms with Crippen molar-refractivity contribution < 1.29 is 9.90 Å². The normalized spacial score (nSPS) is 13.0. The van der Waals surface area contributed by atoms with Crippen molar-refractivity contribution in [3.8, 4) is 0 Å². The Kier molecular flexibility index (Phi) is 7.55. The largest absolute Gasteiger partial charge is 0.386 e. The number of rotatable bonds is 6. The van der Waals surface area contributed by atoms with Crippen LogP contribution in [0.25, 0.3) is 0 Å². The highest BCUT2D eigenvalue weighted by Crippen LogP contribution is 2.21. The van der Waals surface area contributed by atoms with Crippen LogP contribution in [-0.2, 0) is 11.3 Å². The molecule has 1 aromatic heterocycles. The van der Waals surface area contributed by atoms with E-state index in [1.807, 2.05) is 47.8 Å². The lowest BCUT2D eigenvalue weighted by Gasteiger charge is -2.26. The van der Waals surface area contributed by atoms with Gasteiger partial charge in [0.25, 0.3) is 0 Å². The number of nitrogens with zero attached hydrogens (tertiary/aromatic N) is 1. The highest BCUT2D eigenvalue weighted by atomic mass is 35.5. The minimum absolute atomic E-state index is 0. The fraction of sp³-hybridized carbons (Fsp3) is 0.312. The molecular formula is C16H21ClN2O2S. The van der Waals surface area contributed by atoms with Crippen LogP contribution >= 0.6 is 23.7 Å². The molecule has 0 spiro atoms. The van der Waals surface area contributed by atoms with E-state index in [0.29, 0.717) is 6.54 Å². The van der Waals surface area contributed by atoms with Crippen molar-refractivity contribution in [3.63, 3.8) is 0 Å². The number of carbonyl (C=O) groups excluding carboxylic acids is 1. The van der Waals surface area contributed by atoms with Gasteiger partial charge in [-0.1, -0.05) is 36.4 Å². The van der Waals surface area contributed by atoms with E-state index >= 15 is 0 Å². The number of carbonyl (C=O) groups is 1. The Morgan fingerprint density at radius 3 is 2.50 bits per heavy atom. The molecule has 2 aromatic rings. The summed E-state index contributed by atoms with van der Waals surface area (Å²) in [5.74, 6) is -0.158. The van der Waals surface area contributed by atoms with Crippen molar-refractivity contribution >= 4 is 29.7 Å². The molecule has 1 unspecified atom stereocenters. The van der Waals surface area contributed by atoms with E-state index in [1.54, 1.807) is 11.8 Å². The van der Waals surface area contributed by atoms with Gasteiger partial charge in [-0.2, -0.15) is 0 Å². The lowest BCUT2D eigenvalue weighted by molar-refractivity contribution is -0.134. The monoisotopic (exact) mass is 340 g/mol. The number of thiophene rings is 1. The Morgan fingerprint density at radius 1 is 1.27 bits per heavy atom. The third kappa shape index (κ3) is 5.10. The summed E-state index contributed by atoms with van der Waals surface area (Å²) in [6, 6.07) is 12.9. The van der Waals surface area contributed by atoms with E-state index < -0.39 is 12.1 Å². The quantitative estimate of drug-likeness (QED) is 0.849. The second-order valence-electron chi connectivity index (χ2n) is 5.02. The average Bonchev–Trinajstić information content (AvgIpc) is 3.01. The SMILES string of the molecule is C[C@H](N)C(=O)N(Cc1ccccc1)CC(O)c1cccs1.Cl. The van der Waals surface area contributed by atoms with E-state index in [2.05, 4.69) is 0 Å². The molecule has 0 aliphatic rings. The molecule has 0 aliphatic carbocycles. The number of aliphatic hydroxyl groups excluding tert-OH is 1. The van der Waals surface area contributed by atoms with Gasteiger partial charge >= 0.3 is 0 Å². The molecule has 1 heterocycles. The average molecular weight is 341 g/mol. The minimum atomic E-state index is -0.684. The summed E-state index contributed by atoms with van der Waals surface area (Å²) in [6.45, 7) is 2.36. The lowest BCUT2D eigenvalue weighted by atomic mass is 10.1. The van der Waals surface area contributed by atoms with E-state index in [0.717, 1.165) is 10.4 Å². The first kappa shape index (κ1) is 18.6. The van der Waals surface area contributed by atoms with Gasteiger partial charge in [0.05, 0.1) is 12.6 Å².